The first kappa shape index (κ1) is 18.3. The van der Waals surface area contributed by atoms with Crippen LogP contribution in [-0.4, -0.2) is 38.5 Å². The Morgan fingerprint density at radius 2 is 1.83 bits per heavy atom. The second-order valence-corrected chi connectivity index (χ2v) is 8.35. The lowest BCUT2D eigenvalue weighted by molar-refractivity contribution is -0.138. The Bertz CT molecular complexity index is 1030. The number of hydrogen-bond acceptors (Lipinski definition) is 3. The predicted molar refractivity (Wildman–Crippen MR) is 108 cm³/mol. The molecule has 2 aromatic heterocycles. The number of carbonyl (C=O) groups is 1. The van der Waals surface area contributed by atoms with Gasteiger partial charge in [0.05, 0.1) is 5.41 Å². The highest BCUT2D eigenvalue weighted by Gasteiger charge is 2.45. The van der Waals surface area contributed by atoms with E-state index in [9.17, 15) is 9.18 Å². The lowest BCUT2D eigenvalue weighted by Crippen LogP contribution is -2.48. The van der Waals surface area contributed by atoms with Gasteiger partial charge in [-0.2, -0.15) is 0 Å². The van der Waals surface area contributed by atoms with Gasteiger partial charge in [-0.1, -0.05) is 31.0 Å². The Morgan fingerprint density at radius 3 is 2.59 bits per heavy atom. The molecule has 29 heavy (non-hydrogen) atoms. The molecule has 0 N–H and O–H groups in total. The molecule has 1 saturated heterocycles. The van der Waals surface area contributed by atoms with Crippen molar-refractivity contribution in [1.29, 1.82) is 0 Å². The Labute approximate surface area is 169 Å². The topological polar surface area (TPSA) is 50.5 Å². The number of likely N-dealkylation sites (tertiary alicyclic amines) is 1. The summed E-state index contributed by atoms with van der Waals surface area (Å²) >= 11 is 0. The van der Waals surface area contributed by atoms with Crippen LogP contribution in [0.15, 0.2) is 48.7 Å². The fourth-order valence-electron chi connectivity index (χ4n) is 5.17. The third-order valence-corrected chi connectivity index (χ3v) is 6.73. The van der Waals surface area contributed by atoms with Gasteiger partial charge in [-0.3, -0.25) is 9.20 Å². The first-order valence-corrected chi connectivity index (χ1v) is 10.5. The molecule has 1 amide bonds. The Morgan fingerprint density at radius 1 is 1.03 bits per heavy atom. The number of hydrogen-bond donors (Lipinski definition) is 0. The van der Waals surface area contributed by atoms with E-state index in [1.165, 1.54) is 6.07 Å². The first-order valence-electron chi connectivity index (χ1n) is 10.5. The van der Waals surface area contributed by atoms with E-state index >= 15 is 0 Å². The van der Waals surface area contributed by atoms with Crippen molar-refractivity contribution in [3.05, 3.63) is 65.9 Å². The molecule has 0 radical (unpaired) electrons. The summed E-state index contributed by atoms with van der Waals surface area (Å²) in [6.07, 6.45) is 7.41. The fourth-order valence-corrected chi connectivity index (χ4v) is 5.17. The van der Waals surface area contributed by atoms with Crippen molar-refractivity contribution in [3.8, 4) is 0 Å². The van der Waals surface area contributed by atoms with Gasteiger partial charge in [-0.25, -0.2) is 4.39 Å². The zero-order valence-corrected chi connectivity index (χ0v) is 16.4. The minimum atomic E-state index is -0.559. The first-order chi connectivity index (χ1) is 14.2. The number of amides is 1. The van der Waals surface area contributed by atoms with Crippen LogP contribution in [0.4, 0.5) is 4.39 Å². The quantitative estimate of drug-likeness (QED) is 0.675. The Balaban J connectivity index is 1.35. The standard InChI is InChI=1S/C23H25FN4O/c24-19-7-5-6-18(16-19)23(11-2-3-12-23)22(29)27-14-9-17(10-15-27)21-26-25-20-8-1-4-13-28(20)21/h1,4-8,13,16-17H,2-3,9-12,14-15H2. The number of carbonyl (C=O) groups excluding carboxylic acids is 1. The van der Waals surface area contributed by atoms with Crippen LogP contribution in [0, 0.1) is 5.82 Å². The van der Waals surface area contributed by atoms with Crippen LogP contribution in [0.25, 0.3) is 5.65 Å². The number of halogens is 1. The molecule has 1 saturated carbocycles. The Hall–Kier alpha value is -2.76. The summed E-state index contributed by atoms with van der Waals surface area (Å²) in [7, 11) is 0. The predicted octanol–water partition coefficient (Wildman–Crippen LogP) is 4.09. The maximum atomic E-state index is 13.9. The van der Waals surface area contributed by atoms with Gasteiger partial charge in [-0.15, -0.1) is 10.2 Å². The largest absolute Gasteiger partial charge is 0.342 e. The van der Waals surface area contributed by atoms with E-state index in [2.05, 4.69) is 10.2 Å². The van der Waals surface area contributed by atoms with Gasteiger partial charge in [-0.05, 0) is 55.5 Å². The van der Waals surface area contributed by atoms with Gasteiger partial charge < -0.3 is 4.90 Å². The molecular formula is C23H25FN4O. The minimum Gasteiger partial charge on any atom is -0.342 e. The van der Waals surface area contributed by atoms with Crippen molar-refractivity contribution >= 4 is 11.6 Å². The third-order valence-electron chi connectivity index (χ3n) is 6.73. The molecule has 2 aliphatic rings. The van der Waals surface area contributed by atoms with Gasteiger partial charge in [0.1, 0.15) is 11.6 Å². The molecule has 1 aliphatic heterocycles. The molecule has 0 atom stereocenters. The molecule has 0 spiro atoms. The highest BCUT2D eigenvalue weighted by Crippen LogP contribution is 2.43. The van der Waals surface area contributed by atoms with E-state index in [1.54, 1.807) is 12.1 Å². The molecule has 0 unspecified atom stereocenters. The highest BCUT2D eigenvalue weighted by atomic mass is 19.1. The molecular weight excluding hydrogens is 367 g/mol. The number of benzene rings is 1. The van der Waals surface area contributed by atoms with E-state index in [0.717, 1.165) is 55.6 Å². The monoisotopic (exact) mass is 392 g/mol. The zero-order chi connectivity index (χ0) is 19.8. The smallest absolute Gasteiger partial charge is 0.233 e. The zero-order valence-electron chi connectivity index (χ0n) is 16.4. The van der Waals surface area contributed by atoms with Crippen molar-refractivity contribution in [1.82, 2.24) is 19.5 Å². The molecule has 5 nitrogen and oxygen atoms in total. The third kappa shape index (κ3) is 3.11. The van der Waals surface area contributed by atoms with Crippen LogP contribution in [0.3, 0.4) is 0 Å². The van der Waals surface area contributed by atoms with E-state index < -0.39 is 5.41 Å². The lowest BCUT2D eigenvalue weighted by Gasteiger charge is -2.38. The lowest BCUT2D eigenvalue weighted by atomic mass is 9.77. The van der Waals surface area contributed by atoms with Gasteiger partial charge >= 0.3 is 0 Å². The number of piperidine rings is 1. The van der Waals surface area contributed by atoms with Crippen molar-refractivity contribution in [2.45, 2.75) is 49.9 Å². The molecule has 5 rings (SSSR count). The molecule has 3 heterocycles. The molecule has 1 aliphatic carbocycles. The van der Waals surface area contributed by atoms with Crippen LogP contribution in [0.1, 0.15) is 55.8 Å². The molecule has 1 aromatic carbocycles. The van der Waals surface area contributed by atoms with Gasteiger partial charge in [0, 0.05) is 25.2 Å². The summed E-state index contributed by atoms with van der Waals surface area (Å²) in [6, 6.07) is 12.5. The van der Waals surface area contributed by atoms with Crippen LogP contribution in [0.2, 0.25) is 0 Å². The number of pyridine rings is 1. The van der Waals surface area contributed by atoms with Crippen LogP contribution in [-0.2, 0) is 10.2 Å². The summed E-state index contributed by atoms with van der Waals surface area (Å²) in [5, 5.41) is 8.67. The molecule has 3 aromatic rings. The van der Waals surface area contributed by atoms with E-state index in [4.69, 9.17) is 0 Å². The molecule has 6 heteroatoms. The van der Waals surface area contributed by atoms with E-state index in [0.29, 0.717) is 19.0 Å². The van der Waals surface area contributed by atoms with Gasteiger partial charge in [0.2, 0.25) is 5.91 Å². The summed E-state index contributed by atoms with van der Waals surface area (Å²) in [5.74, 6) is 1.18. The number of fused-ring (bicyclic) bond motifs is 1. The summed E-state index contributed by atoms with van der Waals surface area (Å²) in [6.45, 7) is 1.42. The second kappa shape index (κ2) is 7.25. The highest BCUT2D eigenvalue weighted by molar-refractivity contribution is 5.88. The summed E-state index contributed by atoms with van der Waals surface area (Å²) < 4.78 is 15.9. The van der Waals surface area contributed by atoms with Crippen molar-refractivity contribution in [3.63, 3.8) is 0 Å². The van der Waals surface area contributed by atoms with Crippen LogP contribution < -0.4 is 0 Å². The average molecular weight is 392 g/mol. The normalized spacial score (nSPS) is 19.7. The van der Waals surface area contributed by atoms with Crippen LogP contribution in [0.5, 0.6) is 0 Å². The minimum absolute atomic E-state index is 0.171. The second-order valence-electron chi connectivity index (χ2n) is 8.35. The summed E-state index contributed by atoms with van der Waals surface area (Å²) in [4.78, 5) is 15.6. The van der Waals surface area contributed by atoms with Crippen LogP contribution >= 0.6 is 0 Å². The van der Waals surface area contributed by atoms with E-state index in [1.807, 2.05) is 39.8 Å². The number of aromatic nitrogens is 3. The van der Waals surface area contributed by atoms with Gasteiger partial charge in [0.15, 0.2) is 5.65 Å². The fraction of sp³-hybridized carbons (Fsp3) is 0.435. The maximum Gasteiger partial charge on any atom is 0.233 e. The summed E-state index contributed by atoms with van der Waals surface area (Å²) in [5.41, 5.74) is 1.14. The average Bonchev–Trinajstić information content (AvgIpc) is 3.42. The van der Waals surface area contributed by atoms with Crippen molar-refractivity contribution in [2.75, 3.05) is 13.1 Å². The van der Waals surface area contributed by atoms with Gasteiger partial charge in [0.25, 0.3) is 0 Å². The van der Waals surface area contributed by atoms with Crippen molar-refractivity contribution < 1.29 is 9.18 Å². The van der Waals surface area contributed by atoms with Crippen molar-refractivity contribution in [2.24, 2.45) is 0 Å². The number of rotatable bonds is 3. The van der Waals surface area contributed by atoms with E-state index in [-0.39, 0.29) is 11.7 Å². The molecule has 0 bridgehead atoms. The maximum absolute atomic E-state index is 13.9. The molecule has 2 fully saturated rings. The Kier molecular flexibility index (Phi) is 4.57. The number of nitrogens with zero attached hydrogens (tertiary/aromatic N) is 4. The SMILES string of the molecule is O=C(N1CCC(c2nnc3ccccn23)CC1)C1(c2cccc(F)c2)CCCC1. The molecule has 150 valence electrons.